The van der Waals surface area contributed by atoms with E-state index in [1.165, 1.54) is 35.4 Å². The second-order valence-corrected chi connectivity index (χ2v) is 5.84. The number of hydrogen-bond donors (Lipinski definition) is 0. The summed E-state index contributed by atoms with van der Waals surface area (Å²) in [5, 5.41) is 0. The summed E-state index contributed by atoms with van der Waals surface area (Å²) in [5.41, 5.74) is 4.53. The zero-order valence-electron chi connectivity index (χ0n) is 10.8. The molecule has 1 aromatic heterocycles. The minimum atomic E-state index is 0.816. The highest BCUT2D eigenvalue weighted by molar-refractivity contribution is 7.09. The molecule has 1 heterocycles. The molecular weight excluding hydrogens is 214 g/mol. The van der Waals surface area contributed by atoms with E-state index in [0.717, 1.165) is 18.8 Å². The van der Waals surface area contributed by atoms with Crippen molar-refractivity contribution in [2.75, 3.05) is 0 Å². The summed E-state index contributed by atoms with van der Waals surface area (Å²) in [6.07, 6.45) is 6.05. The standard InChI is InChI=1S/C14H23NS/c1-11(2)6-5-7-12(3)8-9-14-13(4)15-10-16-14/h10-11H,3,5-9H2,1-2,4H3. The molecule has 90 valence electrons. The van der Waals surface area contributed by atoms with Crippen LogP contribution in [0.3, 0.4) is 0 Å². The first-order chi connectivity index (χ1) is 7.59. The molecule has 0 aliphatic rings. The van der Waals surface area contributed by atoms with Crippen molar-refractivity contribution in [1.82, 2.24) is 4.98 Å². The van der Waals surface area contributed by atoms with Crippen LogP contribution in [0.2, 0.25) is 0 Å². The third kappa shape index (κ3) is 4.93. The molecule has 0 aliphatic heterocycles. The molecule has 2 heteroatoms. The van der Waals surface area contributed by atoms with Crippen molar-refractivity contribution in [2.24, 2.45) is 5.92 Å². The Morgan fingerprint density at radius 2 is 2.19 bits per heavy atom. The smallest absolute Gasteiger partial charge is 0.0797 e. The molecule has 16 heavy (non-hydrogen) atoms. The molecule has 0 amide bonds. The fourth-order valence-corrected chi connectivity index (χ4v) is 2.52. The number of allylic oxidation sites excluding steroid dienone is 1. The van der Waals surface area contributed by atoms with Gasteiger partial charge in [0.2, 0.25) is 0 Å². The van der Waals surface area contributed by atoms with Crippen LogP contribution in [0.5, 0.6) is 0 Å². The van der Waals surface area contributed by atoms with Crippen molar-refractivity contribution < 1.29 is 0 Å². The molecule has 0 aliphatic carbocycles. The third-order valence-electron chi connectivity index (χ3n) is 2.86. The monoisotopic (exact) mass is 237 g/mol. The van der Waals surface area contributed by atoms with Gasteiger partial charge in [0, 0.05) is 4.88 Å². The number of hydrogen-bond acceptors (Lipinski definition) is 2. The SMILES string of the molecule is C=C(CCCC(C)C)CCc1scnc1C. The zero-order valence-corrected chi connectivity index (χ0v) is 11.6. The molecule has 0 saturated carbocycles. The normalized spacial score (nSPS) is 11.0. The van der Waals surface area contributed by atoms with E-state index in [4.69, 9.17) is 0 Å². The van der Waals surface area contributed by atoms with E-state index in [0.29, 0.717) is 0 Å². The Bertz CT molecular complexity index is 325. The molecule has 0 spiro atoms. The second-order valence-electron chi connectivity index (χ2n) is 4.90. The van der Waals surface area contributed by atoms with Gasteiger partial charge < -0.3 is 0 Å². The molecular formula is C14H23NS. The van der Waals surface area contributed by atoms with Crippen LogP contribution in [-0.2, 0) is 6.42 Å². The molecule has 0 fully saturated rings. The van der Waals surface area contributed by atoms with E-state index in [9.17, 15) is 0 Å². The highest BCUT2D eigenvalue weighted by Crippen LogP contribution is 2.19. The molecule has 1 rings (SSSR count). The first kappa shape index (κ1) is 13.4. The van der Waals surface area contributed by atoms with Gasteiger partial charge in [-0.15, -0.1) is 11.3 Å². The number of aromatic nitrogens is 1. The minimum absolute atomic E-state index is 0.816. The summed E-state index contributed by atoms with van der Waals surface area (Å²) in [6.45, 7) is 10.8. The average molecular weight is 237 g/mol. The van der Waals surface area contributed by atoms with Gasteiger partial charge in [0.05, 0.1) is 11.2 Å². The van der Waals surface area contributed by atoms with Gasteiger partial charge in [0.1, 0.15) is 0 Å². The molecule has 0 atom stereocenters. The Kier molecular flexibility index (Phi) is 5.75. The largest absolute Gasteiger partial charge is 0.250 e. The molecule has 0 unspecified atom stereocenters. The number of thiazole rings is 1. The molecule has 1 nitrogen and oxygen atoms in total. The summed E-state index contributed by atoms with van der Waals surface area (Å²) < 4.78 is 0. The Balaban J connectivity index is 2.18. The van der Waals surface area contributed by atoms with E-state index in [1.54, 1.807) is 11.3 Å². The van der Waals surface area contributed by atoms with Crippen LogP contribution in [0, 0.1) is 12.8 Å². The van der Waals surface area contributed by atoms with E-state index >= 15 is 0 Å². The highest BCUT2D eigenvalue weighted by Gasteiger charge is 2.03. The quantitative estimate of drug-likeness (QED) is 0.623. The Morgan fingerprint density at radius 3 is 2.75 bits per heavy atom. The molecule has 0 aromatic carbocycles. The first-order valence-electron chi connectivity index (χ1n) is 6.15. The van der Waals surface area contributed by atoms with Gasteiger partial charge in [-0.3, -0.25) is 0 Å². The fraction of sp³-hybridized carbons (Fsp3) is 0.643. The van der Waals surface area contributed by atoms with Gasteiger partial charge in [-0.2, -0.15) is 0 Å². The maximum atomic E-state index is 4.27. The second kappa shape index (κ2) is 6.85. The van der Waals surface area contributed by atoms with Crippen LogP contribution in [0.15, 0.2) is 17.7 Å². The van der Waals surface area contributed by atoms with Crippen molar-refractivity contribution in [3.63, 3.8) is 0 Å². The highest BCUT2D eigenvalue weighted by atomic mass is 32.1. The summed E-state index contributed by atoms with van der Waals surface area (Å²) in [6, 6.07) is 0. The Labute approximate surface area is 104 Å². The lowest BCUT2D eigenvalue weighted by Gasteiger charge is -2.07. The van der Waals surface area contributed by atoms with E-state index < -0.39 is 0 Å². The number of aryl methyl sites for hydroxylation is 2. The first-order valence-corrected chi connectivity index (χ1v) is 7.03. The van der Waals surface area contributed by atoms with Crippen molar-refractivity contribution in [1.29, 1.82) is 0 Å². The van der Waals surface area contributed by atoms with E-state index in [1.807, 2.05) is 5.51 Å². The molecule has 0 bridgehead atoms. The van der Waals surface area contributed by atoms with Crippen molar-refractivity contribution >= 4 is 11.3 Å². The lowest BCUT2D eigenvalue weighted by molar-refractivity contribution is 0.551. The van der Waals surface area contributed by atoms with Crippen LogP contribution in [0.25, 0.3) is 0 Å². The van der Waals surface area contributed by atoms with Crippen molar-refractivity contribution in [3.8, 4) is 0 Å². The summed E-state index contributed by atoms with van der Waals surface area (Å²) in [4.78, 5) is 5.69. The lowest BCUT2D eigenvalue weighted by Crippen LogP contribution is -1.91. The average Bonchev–Trinajstić information content (AvgIpc) is 2.60. The maximum absolute atomic E-state index is 4.27. The van der Waals surface area contributed by atoms with Crippen molar-refractivity contribution in [3.05, 3.63) is 28.2 Å². The lowest BCUT2D eigenvalue weighted by atomic mass is 10.0. The fourth-order valence-electron chi connectivity index (χ4n) is 1.74. The van der Waals surface area contributed by atoms with Crippen LogP contribution < -0.4 is 0 Å². The minimum Gasteiger partial charge on any atom is -0.250 e. The molecule has 0 saturated heterocycles. The molecule has 0 N–H and O–H groups in total. The molecule has 0 radical (unpaired) electrons. The topological polar surface area (TPSA) is 12.9 Å². The predicted octanol–water partition coefficient (Wildman–Crippen LogP) is 4.77. The summed E-state index contributed by atoms with van der Waals surface area (Å²) >= 11 is 1.77. The number of nitrogens with zero attached hydrogens (tertiary/aromatic N) is 1. The van der Waals surface area contributed by atoms with Gasteiger partial charge in [-0.05, 0) is 38.5 Å². The predicted molar refractivity (Wildman–Crippen MR) is 73.0 cm³/mol. The van der Waals surface area contributed by atoms with E-state index in [2.05, 4.69) is 32.3 Å². The van der Waals surface area contributed by atoms with Crippen LogP contribution >= 0.6 is 11.3 Å². The van der Waals surface area contributed by atoms with Crippen LogP contribution in [0.1, 0.15) is 50.1 Å². The van der Waals surface area contributed by atoms with Gasteiger partial charge in [-0.1, -0.05) is 32.4 Å². The Hall–Kier alpha value is -0.630. The summed E-state index contributed by atoms with van der Waals surface area (Å²) in [7, 11) is 0. The van der Waals surface area contributed by atoms with Crippen LogP contribution in [-0.4, -0.2) is 4.98 Å². The molecule has 1 aromatic rings. The van der Waals surface area contributed by atoms with E-state index in [-0.39, 0.29) is 0 Å². The van der Waals surface area contributed by atoms with Gasteiger partial charge >= 0.3 is 0 Å². The van der Waals surface area contributed by atoms with Crippen LogP contribution in [0.4, 0.5) is 0 Å². The Morgan fingerprint density at radius 1 is 1.44 bits per heavy atom. The van der Waals surface area contributed by atoms with Crippen molar-refractivity contribution in [2.45, 2.75) is 52.9 Å². The maximum Gasteiger partial charge on any atom is 0.0797 e. The zero-order chi connectivity index (χ0) is 12.0. The van der Waals surface area contributed by atoms with Gasteiger partial charge in [0.25, 0.3) is 0 Å². The number of rotatable bonds is 7. The van der Waals surface area contributed by atoms with Gasteiger partial charge in [-0.25, -0.2) is 4.98 Å². The summed E-state index contributed by atoms with van der Waals surface area (Å²) in [5.74, 6) is 0.816. The third-order valence-corrected chi connectivity index (χ3v) is 3.86. The van der Waals surface area contributed by atoms with Gasteiger partial charge in [0.15, 0.2) is 0 Å².